The minimum absolute atomic E-state index is 0.165. The largest absolute Gasteiger partial charge is 0.397 e. The van der Waals surface area contributed by atoms with Gasteiger partial charge in [0.2, 0.25) is 5.91 Å². The number of nitrogens with two attached hydrogens (primary N) is 1. The Morgan fingerprint density at radius 2 is 1.56 bits per heavy atom. The Morgan fingerprint density at radius 1 is 0.938 bits per heavy atom. The molecule has 0 aromatic heterocycles. The van der Waals surface area contributed by atoms with E-state index < -0.39 is 9.85 Å². The van der Waals surface area contributed by atoms with E-state index in [1.165, 1.54) is 18.2 Å². The van der Waals surface area contributed by atoms with Gasteiger partial charge >= 0.3 is 0 Å². The Balaban J connectivity index is 1.61. The van der Waals surface area contributed by atoms with Crippen molar-refractivity contribution in [3.63, 3.8) is 0 Å². The van der Waals surface area contributed by atoms with E-state index in [4.69, 9.17) is 5.73 Å². The molecular weight excluding hydrogens is 414 g/mol. The summed E-state index contributed by atoms with van der Waals surface area (Å²) in [6.07, 6.45) is 3.03. The second-order valence-corrected chi connectivity index (χ2v) is 6.76. The number of para-hydroxylation sites is 2. The predicted octanol–water partition coefficient (Wildman–Crippen LogP) is 4.35. The molecule has 1 amide bonds. The molecule has 10 heteroatoms. The molecule has 3 aromatic carbocycles. The highest BCUT2D eigenvalue weighted by molar-refractivity contribution is 6.03. The zero-order valence-corrected chi connectivity index (χ0v) is 16.7. The Kier molecular flexibility index (Phi) is 6.76. The average Bonchev–Trinajstić information content (AvgIpc) is 2.78. The van der Waals surface area contributed by atoms with E-state index in [9.17, 15) is 25.0 Å². The molecule has 0 aliphatic heterocycles. The third-order valence-corrected chi connectivity index (χ3v) is 4.44. The van der Waals surface area contributed by atoms with Gasteiger partial charge in [0.1, 0.15) is 0 Å². The van der Waals surface area contributed by atoms with Crippen LogP contribution in [0.1, 0.15) is 11.1 Å². The summed E-state index contributed by atoms with van der Waals surface area (Å²) in [7, 11) is 0. The lowest BCUT2D eigenvalue weighted by molar-refractivity contribution is -0.394. The maximum atomic E-state index is 12.1. The van der Waals surface area contributed by atoms with Gasteiger partial charge in [0.25, 0.3) is 11.4 Å². The van der Waals surface area contributed by atoms with Crippen LogP contribution in [-0.4, -0.2) is 15.8 Å². The third-order valence-electron chi connectivity index (χ3n) is 4.44. The number of benzene rings is 3. The lowest BCUT2D eigenvalue weighted by Crippen LogP contribution is -2.09. The number of carbonyl (C=O) groups excluding carboxylic acids is 1. The van der Waals surface area contributed by atoms with Crippen molar-refractivity contribution in [1.82, 2.24) is 0 Å². The molecule has 0 fully saturated rings. The first-order valence-corrected chi connectivity index (χ1v) is 9.42. The van der Waals surface area contributed by atoms with Crippen LogP contribution in [0.2, 0.25) is 0 Å². The molecule has 0 radical (unpaired) electrons. The summed E-state index contributed by atoms with van der Waals surface area (Å²) in [5.74, 6) is -0.322. The van der Waals surface area contributed by atoms with Gasteiger partial charge in [-0.15, -0.1) is 0 Å². The van der Waals surface area contributed by atoms with Crippen LogP contribution in [0.3, 0.4) is 0 Å². The zero-order chi connectivity index (χ0) is 23.1. The smallest absolute Gasteiger partial charge is 0.276 e. The molecule has 32 heavy (non-hydrogen) atoms. The number of nitrogens with zero attached hydrogens (tertiary/aromatic N) is 2. The fraction of sp³-hybridized carbons (Fsp3) is 0.0455. The zero-order valence-electron chi connectivity index (χ0n) is 16.7. The summed E-state index contributed by atoms with van der Waals surface area (Å²) in [5.41, 5.74) is 8.01. The quantitative estimate of drug-likeness (QED) is 0.206. The Hall–Kier alpha value is -4.73. The number of nitro groups is 2. The van der Waals surface area contributed by atoms with Crippen molar-refractivity contribution in [3.05, 3.63) is 104 Å². The lowest BCUT2D eigenvalue weighted by Gasteiger charge is -2.07. The number of nitrogens with one attached hydrogen (secondary N) is 2. The molecular formula is C22H19N5O5. The van der Waals surface area contributed by atoms with Crippen LogP contribution in [0.5, 0.6) is 0 Å². The molecule has 0 saturated heterocycles. The summed E-state index contributed by atoms with van der Waals surface area (Å²) in [4.78, 5) is 32.7. The molecule has 0 spiro atoms. The number of hydrogen-bond donors (Lipinski definition) is 3. The predicted molar refractivity (Wildman–Crippen MR) is 122 cm³/mol. The Morgan fingerprint density at radius 3 is 2.16 bits per heavy atom. The van der Waals surface area contributed by atoms with Crippen molar-refractivity contribution in [1.29, 1.82) is 0 Å². The van der Waals surface area contributed by atoms with Crippen LogP contribution >= 0.6 is 0 Å². The van der Waals surface area contributed by atoms with Crippen molar-refractivity contribution in [2.75, 3.05) is 16.4 Å². The normalized spacial score (nSPS) is 10.6. The fourth-order valence-electron chi connectivity index (χ4n) is 2.84. The van der Waals surface area contributed by atoms with Crippen LogP contribution in [-0.2, 0) is 11.3 Å². The first-order chi connectivity index (χ1) is 15.3. The number of anilines is 3. The van der Waals surface area contributed by atoms with Gasteiger partial charge in [-0.3, -0.25) is 25.0 Å². The maximum Gasteiger partial charge on any atom is 0.276 e. The molecule has 3 aromatic rings. The van der Waals surface area contributed by atoms with E-state index in [-0.39, 0.29) is 23.8 Å². The lowest BCUT2D eigenvalue weighted by atomic mass is 10.1. The number of hydrogen-bond acceptors (Lipinski definition) is 7. The summed E-state index contributed by atoms with van der Waals surface area (Å²) < 4.78 is 0. The van der Waals surface area contributed by atoms with Gasteiger partial charge in [0.05, 0.1) is 27.3 Å². The Labute approximate surface area is 182 Å². The van der Waals surface area contributed by atoms with Gasteiger partial charge in [-0.2, -0.15) is 0 Å². The van der Waals surface area contributed by atoms with Crippen molar-refractivity contribution in [3.8, 4) is 0 Å². The number of rotatable bonds is 8. The molecule has 0 bridgehead atoms. The topological polar surface area (TPSA) is 153 Å². The number of carbonyl (C=O) groups is 1. The molecule has 0 aliphatic rings. The van der Waals surface area contributed by atoms with Crippen molar-refractivity contribution < 1.29 is 14.6 Å². The SMILES string of the molecule is Nc1ccccc1NC(=O)C=Cc1ccc(NCc2cc([N+](=O)[O-])cc([N+](=O)[O-])c2)cc1. The van der Waals surface area contributed by atoms with E-state index in [1.807, 2.05) is 0 Å². The second kappa shape index (κ2) is 9.85. The average molecular weight is 433 g/mol. The minimum Gasteiger partial charge on any atom is -0.397 e. The standard InChI is InChI=1S/C22H19N5O5/c23-20-3-1-2-4-21(20)25-22(28)10-7-15-5-8-17(9-6-15)24-14-16-11-18(26(29)30)13-19(12-16)27(31)32/h1-13,24H,14,23H2,(H,25,28). The van der Waals surface area contributed by atoms with Gasteiger partial charge in [-0.05, 0) is 41.5 Å². The van der Waals surface area contributed by atoms with Crippen LogP contribution < -0.4 is 16.4 Å². The van der Waals surface area contributed by atoms with Crippen molar-refractivity contribution in [2.45, 2.75) is 6.54 Å². The molecule has 3 rings (SSSR count). The molecule has 4 N–H and O–H groups in total. The van der Waals surface area contributed by atoms with E-state index in [0.717, 1.165) is 11.6 Å². The highest BCUT2D eigenvalue weighted by Gasteiger charge is 2.16. The highest BCUT2D eigenvalue weighted by atomic mass is 16.6. The van der Waals surface area contributed by atoms with E-state index in [1.54, 1.807) is 54.6 Å². The monoisotopic (exact) mass is 433 g/mol. The number of nitrogen functional groups attached to an aromatic ring is 1. The molecule has 0 aliphatic carbocycles. The van der Waals surface area contributed by atoms with E-state index in [2.05, 4.69) is 10.6 Å². The number of nitro benzene ring substituents is 2. The van der Waals surface area contributed by atoms with Crippen molar-refractivity contribution in [2.24, 2.45) is 0 Å². The maximum absolute atomic E-state index is 12.1. The second-order valence-electron chi connectivity index (χ2n) is 6.76. The number of amides is 1. The highest BCUT2D eigenvalue weighted by Crippen LogP contribution is 2.23. The fourth-order valence-corrected chi connectivity index (χ4v) is 2.84. The molecule has 0 unspecified atom stereocenters. The molecule has 162 valence electrons. The summed E-state index contributed by atoms with van der Waals surface area (Å²) in [5, 5.41) is 27.7. The van der Waals surface area contributed by atoms with Crippen LogP contribution in [0.15, 0.2) is 72.8 Å². The Bertz CT molecular complexity index is 1160. The van der Waals surface area contributed by atoms with Gasteiger partial charge in [0.15, 0.2) is 0 Å². The first-order valence-electron chi connectivity index (χ1n) is 9.42. The number of non-ortho nitro benzene ring substituents is 2. The molecule has 0 heterocycles. The van der Waals surface area contributed by atoms with Gasteiger partial charge in [-0.1, -0.05) is 24.3 Å². The summed E-state index contributed by atoms with van der Waals surface area (Å²) in [6.45, 7) is 0.165. The first kappa shape index (κ1) is 22.0. The van der Waals surface area contributed by atoms with E-state index in [0.29, 0.717) is 22.6 Å². The third kappa shape index (κ3) is 5.89. The molecule has 0 saturated carbocycles. The van der Waals surface area contributed by atoms with Crippen LogP contribution in [0.4, 0.5) is 28.4 Å². The minimum atomic E-state index is -0.667. The molecule has 10 nitrogen and oxygen atoms in total. The van der Waals surface area contributed by atoms with Crippen molar-refractivity contribution >= 4 is 40.4 Å². The van der Waals surface area contributed by atoms with Crippen LogP contribution in [0.25, 0.3) is 6.08 Å². The molecule has 0 atom stereocenters. The summed E-state index contributed by atoms with van der Waals surface area (Å²) in [6, 6.07) is 17.5. The van der Waals surface area contributed by atoms with Gasteiger partial charge in [0, 0.05) is 30.4 Å². The van der Waals surface area contributed by atoms with Gasteiger partial charge < -0.3 is 16.4 Å². The van der Waals surface area contributed by atoms with E-state index >= 15 is 0 Å². The van der Waals surface area contributed by atoms with Gasteiger partial charge in [-0.25, -0.2) is 0 Å². The summed E-state index contributed by atoms with van der Waals surface area (Å²) >= 11 is 0. The van der Waals surface area contributed by atoms with Crippen LogP contribution in [0, 0.1) is 20.2 Å².